The maximum Gasteiger partial charge on any atom is 0.242 e. The van der Waals surface area contributed by atoms with E-state index in [0.717, 1.165) is 26.1 Å². The number of nitrogens with zero attached hydrogens (tertiary/aromatic N) is 4. The van der Waals surface area contributed by atoms with Gasteiger partial charge in [-0.1, -0.05) is 41.4 Å². The first kappa shape index (κ1) is 30.1. The molecule has 2 aliphatic heterocycles. The number of hydrogen-bond acceptors (Lipinski definition) is 7. The van der Waals surface area contributed by atoms with Gasteiger partial charge < -0.3 is 5.11 Å². The molecule has 1 N–H and O–H groups in total. The van der Waals surface area contributed by atoms with E-state index in [1.54, 1.807) is 60.3 Å². The van der Waals surface area contributed by atoms with Crippen molar-refractivity contribution < 1.29 is 24.3 Å². The molecular formula is C36H33ClN4O5S. The number of carbonyl (C=O) groups excluding carboxylic acids is 4. The molecule has 6 atom stereocenters. The summed E-state index contributed by atoms with van der Waals surface area (Å²) in [7, 11) is 1.72. The number of amides is 4. The van der Waals surface area contributed by atoms with Crippen LogP contribution in [0.25, 0.3) is 20.7 Å². The topological polar surface area (TPSA) is 113 Å². The summed E-state index contributed by atoms with van der Waals surface area (Å²) in [5.74, 6) is -3.74. The maximum absolute atomic E-state index is 14.8. The average molecular weight is 669 g/mol. The van der Waals surface area contributed by atoms with Crippen molar-refractivity contribution in [3.05, 3.63) is 76.3 Å². The Hall–Kier alpha value is -4.28. The van der Waals surface area contributed by atoms with Gasteiger partial charge >= 0.3 is 0 Å². The fourth-order valence-corrected chi connectivity index (χ4v) is 10.2. The maximum atomic E-state index is 14.8. The minimum Gasteiger partial charge on any atom is -0.508 e. The van der Waals surface area contributed by atoms with Crippen molar-refractivity contribution in [1.82, 2.24) is 14.7 Å². The van der Waals surface area contributed by atoms with E-state index < -0.39 is 35.0 Å². The van der Waals surface area contributed by atoms with Gasteiger partial charge in [0.05, 0.1) is 28.0 Å². The highest BCUT2D eigenvalue weighted by Gasteiger charge is 2.68. The molecule has 4 aliphatic rings. The smallest absolute Gasteiger partial charge is 0.242 e. The second kappa shape index (κ2) is 10.4. The van der Waals surface area contributed by atoms with Gasteiger partial charge in [0.2, 0.25) is 23.6 Å². The Morgan fingerprint density at radius 1 is 1.04 bits per heavy atom. The van der Waals surface area contributed by atoms with Crippen molar-refractivity contribution in [2.45, 2.75) is 39.5 Å². The highest BCUT2D eigenvalue weighted by molar-refractivity contribution is 7.22. The molecule has 0 radical (unpaired) electrons. The van der Waals surface area contributed by atoms with Crippen LogP contribution in [0.3, 0.4) is 0 Å². The normalized spacial score (nSPS) is 28.6. The number of para-hydroxylation sites is 1. The molecule has 4 heterocycles. The number of benzene rings is 2. The first-order valence-corrected chi connectivity index (χ1v) is 17.1. The molecule has 4 aromatic rings. The first-order valence-electron chi connectivity index (χ1n) is 15.9. The molecule has 2 saturated heterocycles. The quantitative estimate of drug-likeness (QED) is 0.204. The van der Waals surface area contributed by atoms with Crippen LogP contribution in [0, 0.1) is 36.0 Å². The number of hydrogen-bond donors (Lipinski definition) is 1. The number of imide groups is 2. The van der Waals surface area contributed by atoms with E-state index >= 15 is 0 Å². The number of rotatable bonds is 4. The van der Waals surface area contributed by atoms with Gasteiger partial charge in [-0.2, -0.15) is 5.10 Å². The molecule has 0 bridgehead atoms. The van der Waals surface area contributed by atoms with Crippen molar-refractivity contribution in [1.29, 1.82) is 0 Å². The van der Waals surface area contributed by atoms with Crippen LogP contribution in [-0.2, 0) is 26.2 Å². The summed E-state index contributed by atoms with van der Waals surface area (Å²) in [5, 5.41) is 17.6. The summed E-state index contributed by atoms with van der Waals surface area (Å²) in [5.41, 5.74) is 1.78. The highest BCUT2D eigenvalue weighted by atomic mass is 35.5. The number of anilines is 1. The molecule has 8 rings (SSSR count). The number of likely N-dealkylation sites (tertiary alicyclic amines) is 1. The molecule has 11 heteroatoms. The standard InChI is InChI=1S/C36H33ClN4O5S/c1-5-40-32(43)21-12-11-19-23(29(21)34(40)45)15-24-33(44)41(35(46)36(24,3)30(19)20-8-6-7-9-26(20)42)28-16-25(38-39(28)4)31-17(2)22-14-18(37)10-13-27(22)47-31/h6-11,13-14,16,21,23-24,29-30,42H,5,12,15H2,1-4H3/t21-,23+,24-,29-,30+,36+/m0/s1. The number of aryl methyl sites for hydroxylation is 2. The molecule has 0 unspecified atom stereocenters. The summed E-state index contributed by atoms with van der Waals surface area (Å²) >= 11 is 7.86. The van der Waals surface area contributed by atoms with Crippen molar-refractivity contribution in [2.24, 2.45) is 36.1 Å². The summed E-state index contributed by atoms with van der Waals surface area (Å²) in [6, 6.07) is 14.4. The number of thiophene rings is 1. The van der Waals surface area contributed by atoms with Crippen molar-refractivity contribution >= 4 is 62.5 Å². The van der Waals surface area contributed by atoms with E-state index in [0.29, 0.717) is 28.5 Å². The fourth-order valence-electron chi connectivity index (χ4n) is 8.90. The molecule has 4 amide bonds. The number of phenols is 1. The lowest BCUT2D eigenvalue weighted by Gasteiger charge is -2.49. The number of phenolic OH excluding ortho intramolecular Hbond substituents is 1. The van der Waals surface area contributed by atoms with Crippen LogP contribution < -0.4 is 4.90 Å². The van der Waals surface area contributed by atoms with Crippen molar-refractivity contribution in [3.63, 3.8) is 0 Å². The van der Waals surface area contributed by atoms with Gasteiger partial charge in [-0.25, -0.2) is 4.90 Å². The molecule has 3 fully saturated rings. The fraction of sp³-hybridized carbons (Fsp3) is 0.361. The van der Waals surface area contributed by atoms with E-state index in [4.69, 9.17) is 16.7 Å². The van der Waals surface area contributed by atoms with Gasteiger partial charge in [0.25, 0.3) is 0 Å². The molecule has 2 aliphatic carbocycles. The Bertz CT molecular complexity index is 2100. The van der Waals surface area contributed by atoms with E-state index in [1.807, 2.05) is 38.1 Å². The van der Waals surface area contributed by atoms with Gasteiger partial charge in [-0.3, -0.25) is 28.8 Å². The van der Waals surface area contributed by atoms with E-state index in [-0.39, 0.29) is 42.3 Å². The number of halogens is 1. The van der Waals surface area contributed by atoms with Crippen LogP contribution in [0.2, 0.25) is 5.02 Å². The van der Waals surface area contributed by atoms with E-state index in [9.17, 15) is 24.3 Å². The molecule has 9 nitrogen and oxygen atoms in total. The van der Waals surface area contributed by atoms with Crippen LogP contribution >= 0.6 is 22.9 Å². The third-order valence-corrected chi connectivity index (χ3v) is 12.7. The van der Waals surface area contributed by atoms with Gasteiger partial charge in [-0.05, 0) is 74.7 Å². The highest BCUT2D eigenvalue weighted by Crippen LogP contribution is 2.64. The van der Waals surface area contributed by atoms with E-state index in [1.165, 1.54) is 9.80 Å². The van der Waals surface area contributed by atoms with Crippen LogP contribution in [0.15, 0.2) is 60.2 Å². The van der Waals surface area contributed by atoms with Crippen molar-refractivity contribution in [3.8, 4) is 16.3 Å². The number of fused-ring (bicyclic) bond motifs is 5. The second-order valence-electron chi connectivity index (χ2n) is 13.3. The largest absolute Gasteiger partial charge is 0.508 e. The molecule has 1 saturated carbocycles. The Balaban J connectivity index is 1.25. The lowest BCUT2D eigenvalue weighted by Crippen LogP contribution is -2.48. The van der Waals surface area contributed by atoms with Crippen LogP contribution in [-0.4, -0.2) is 50.0 Å². The number of aromatic nitrogens is 2. The van der Waals surface area contributed by atoms with E-state index in [2.05, 4.69) is 0 Å². The third-order valence-electron chi connectivity index (χ3n) is 11.1. The predicted octanol–water partition coefficient (Wildman–Crippen LogP) is 6.22. The molecule has 2 aromatic heterocycles. The van der Waals surface area contributed by atoms with Crippen LogP contribution in [0.1, 0.15) is 43.7 Å². The zero-order chi connectivity index (χ0) is 33.1. The summed E-state index contributed by atoms with van der Waals surface area (Å²) in [6.45, 7) is 5.90. The Labute approximate surface area is 280 Å². The van der Waals surface area contributed by atoms with Gasteiger partial charge in [0.15, 0.2) is 0 Å². The lowest BCUT2D eigenvalue weighted by atomic mass is 9.51. The van der Waals surface area contributed by atoms with Crippen LogP contribution in [0.4, 0.5) is 5.82 Å². The molecular weight excluding hydrogens is 636 g/mol. The Kier molecular flexibility index (Phi) is 6.63. The number of carbonyl (C=O) groups is 4. The number of allylic oxidation sites excluding steroid dienone is 2. The average Bonchev–Trinajstić information content (AvgIpc) is 3.71. The molecule has 47 heavy (non-hydrogen) atoms. The van der Waals surface area contributed by atoms with Gasteiger partial charge in [0, 0.05) is 40.9 Å². The molecule has 0 spiro atoms. The van der Waals surface area contributed by atoms with Crippen molar-refractivity contribution in [2.75, 3.05) is 11.4 Å². The molecule has 240 valence electrons. The predicted molar refractivity (Wildman–Crippen MR) is 179 cm³/mol. The third kappa shape index (κ3) is 3.97. The van der Waals surface area contributed by atoms with Crippen LogP contribution in [0.5, 0.6) is 5.75 Å². The SMILES string of the molecule is CCN1C(=O)[C@H]2[C@H](CC=C3[C@H]2C[C@H]2C(=O)N(c4cc(-c5sc6ccc(Cl)cc6c5C)nn4C)C(=O)[C@@]2(C)[C@H]3c2ccccc2O)C1=O. The summed E-state index contributed by atoms with van der Waals surface area (Å²) in [4.78, 5) is 59.9. The lowest BCUT2D eigenvalue weighted by molar-refractivity contribution is -0.140. The monoisotopic (exact) mass is 668 g/mol. The summed E-state index contributed by atoms with van der Waals surface area (Å²) in [6.07, 6.45) is 2.62. The zero-order valence-corrected chi connectivity index (χ0v) is 27.9. The minimum absolute atomic E-state index is 0.0204. The second-order valence-corrected chi connectivity index (χ2v) is 14.8. The summed E-state index contributed by atoms with van der Waals surface area (Å²) < 4.78 is 2.63. The first-order chi connectivity index (χ1) is 22.5. The zero-order valence-electron chi connectivity index (χ0n) is 26.4. The molecule has 2 aromatic carbocycles. The van der Waals surface area contributed by atoms with Gasteiger partial charge in [0.1, 0.15) is 17.3 Å². The Morgan fingerprint density at radius 2 is 1.81 bits per heavy atom. The Morgan fingerprint density at radius 3 is 2.55 bits per heavy atom. The van der Waals surface area contributed by atoms with Gasteiger partial charge in [-0.15, -0.1) is 11.3 Å². The minimum atomic E-state index is -1.25. The number of aromatic hydroxyl groups is 1.